The van der Waals surface area contributed by atoms with Gasteiger partial charge in [0.05, 0.1) is 15.1 Å². The third kappa shape index (κ3) is 5.56. The number of furan rings is 1. The summed E-state index contributed by atoms with van der Waals surface area (Å²) in [7, 11) is 0. The summed E-state index contributed by atoms with van der Waals surface area (Å²) in [5, 5.41) is -0.402. The van der Waals surface area contributed by atoms with Crippen molar-refractivity contribution in [1.82, 2.24) is 15.0 Å². The average molecular weight is 639 g/mol. The number of para-hydroxylation sites is 1. The van der Waals surface area contributed by atoms with Crippen LogP contribution in [0.4, 0.5) is 0 Å². The van der Waals surface area contributed by atoms with E-state index in [1.807, 2.05) is 60.7 Å². The second-order valence-electron chi connectivity index (χ2n) is 11.2. The Morgan fingerprint density at radius 1 is 0.347 bits per heavy atom. The topological polar surface area (TPSA) is 51.8 Å². The molecular weight excluding hydrogens is 599 g/mol. The van der Waals surface area contributed by atoms with Crippen molar-refractivity contribution in [1.29, 1.82) is 0 Å². The van der Waals surface area contributed by atoms with Crippen molar-refractivity contribution in [3.05, 3.63) is 176 Å². The van der Waals surface area contributed by atoms with Crippen molar-refractivity contribution in [2.75, 3.05) is 0 Å². The first-order chi connectivity index (χ1) is 28.8. The number of benzene rings is 7. The maximum Gasteiger partial charge on any atom is 0.164 e. The fraction of sp³-hybridized carbons (Fsp3) is 0. The third-order valence-corrected chi connectivity index (χ3v) is 8.12. The number of rotatable bonds is 6. The van der Waals surface area contributed by atoms with Gasteiger partial charge in [0.1, 0.15) is 11.2 Å². The van der Waals surface area contributed by atoms with Crippen LogP contribution in [0.25, 0.3) is 89.5 Å². The molecule has 0 aliphatic carbocycles. The number of aromatic nitrogens is 3. The lowest BCUT2D eigenvalue weighted by Crippen LogP contribution is -2.00. The highest BCUT2D eigenvalue weighted by molar-refractivity contribution is 6.06. The van der Waals surface area contributed by atoms with E-state index in [9.17, 15) is 2.74 Å². The minimum absolute atomic E-state index is 0.169. The van der Waals surface area contributed by atoms with E-state index in [1.165, 1.54) is 0 Å². The molecule has 0 N–H and O–H groups in total. The predicted octanol–water partition coefficient (Wildman–Crippen LogP) is 11.8. The van der Waals surface area contributed by atoms with E-state index in [0.29, 0.717) is 11.1 Å². The van der Waals surface area contributed by atoms with Crippen LogP contribution in [0.5, 0.6) is 0 Å². The normalized spacial score (nSPS) is 14.4. The Morgan fingerprint density at radius 3 is 1.47 bits per heavy atom. The number of hydrogen-bond donors (Lipinski definition) is 0. The Bertz CT molecular complexity index is 3200. The summed E-state index contributed by atoms with van der Waals surface area (Å²) in [6.07, 6.45) is 0. The molecule has 0 saturated carbocycles. The summed E-state index contributed by atoms with van der Waals surface area (Å²) < 4.78 is 102. The third-order valence-electron chi connectivity index (χ3n) is 8.12. The van der Waals surface area contributed by atoms with Crippen LogP contribution < -0.4 is 0 Å². The standard InChI is InChI=1S/C45H29N3O/c1-3-10-30(11-4-1)31-18-20-32(21-19-31)33-22-24-35(25-23-33)44-46-43(34-12-5-2-6-13-34)47-45(48-44)38-15-9-14-36(28-38)37-26-27-42-40(29-37)39-16-7-8-17-41(39)49-42/h1-29H/i7D,8D,9D,14D,15D,16D,17D,26D,27D,28D,29D. The highest BCUT2D eigenvalue weighted by atomic mass is 16.3. The Balaban J connectivity index is 1.22. The predicted molar refractivity (Wildman–Crippen MR) is 200 cm³/mol. The van der Waals surface area contributed by atoms with Gasteiger partial charge in [0.15, 0.2) is 17.5 Å². The Labute approximate surface area is 299 Å². The highest BCUT2D eigenvalue weighted by Crippen LogP contribution is 2.34. The molecule has 2 aromatic heterocycles. The molecule has 7 aromatic carbocycles. The SMILES string of the molecule is [2H]c1c([2H])c(-c2nc(-c3ccccc3)nc(-c3ccc(-c4ccc(-c5ccccc5)cc4)cc3)n2)c([2H])c(-c2c([2H])c([2H])c3oc4c([2H])c([2H])c([2H])c([2H])c4c3c2[2H])c1[2H]. The second kappa shape index (κ2) is 12.2. The summed E-state index contributed by atoms with van der Waals surface area (Å²) in [4.78, 5) is 14.2. The molecule has 0 radical (unpaired) electrons. The molecule has 0 fully saturated rings. The molecule has 0 bridgehead atoms. The smallest absolute Gasteiger partial charge is 0.164 e. The first kappa shape index (κ1) is 19.2. The van der Waals surface area contributed by atoms with E-state index >= 15 is 0 Å². The van der Waals surface area contributed by atoms with Gasteiger partial charge in [-0.3, -0.25) is 0 Å². The summed E-state index contributed by atoms with van der Waals surface area (Å²) in [5.41, 5.74) is 3.57. The zero-order valence-corrected chi connectivity index (χ0v) is 25.6. The van der Waals surface area contributed by atoms with Crippen molar-refractivity contribution in [3.63, 3.8) is 0 Å². The average Bonchev–Trinajstić information content (AvgIpc) is 3.69. The Kier molecular flexibility index (Phi) is 4.78. The molecule has 0 unspecified atom stereocenters. The van der Waals surface area contributed by atoms with Gasteiger partial charge in [-0.1, -0.05) is 151 Å². The van der Waals surface area contributed by atoms with Crippen molar-refractivity contribution >= 4 is 21.9 Å². The first-order valence-corrected chi connectivity index (χ1v) is 15.5. The second-order valence-corrected chi connectivity index (χ2v) is 11.2. The lowest BCUT2D eigenvalue weighted by Gasteiger charge is -2.10. The molecule has 230 valence electrons. The Morgan fingerprint density at radius 2 is 0.816 bits per heavy atom. The van der Waals surface area contributed by atoms with Gasteiger partial charge in [-0.2, -0.15) is 0 Å². The minimum Gasteiger partial charge on any atom is -0.456 e. The van der Waals surface area contributed by atoms with Crippen molar-refractivity contribution in [2.24, 2.45) is 0 Å². The van der Waals surface area contributed by atoms with E-state index in [2.05, 4.69) is 29.2 Å². The molecule has 0 amide bonds. The monoisotopic (exact) mass is 638 g/mol. The van der Waals surface area contributed by atoms with Crippen molar-refractivity contribution in [3.8, 4) is 67.5 Å². The van der Waals surface area contributed by atoms with Gasteiger partial charge >= 0.3 is 0 Å². The molecule has 4 heteroatoms. The van der Waals surface area contributed by atoms with Crippen LogP contribution in [-0.2, 0) is 0 Å². The van der Waals surface area contributed by atoms with Gasteiger partial charge in [0.25, 0.3) is 0 Å². The lowest BCUT2D eigenvalue weighted by atomic mass is 9.99. The van der Waals surface area contributed by atoms with Gasteiger partial charge < -0.3 is 4.42 Å². The van der Waals surface area contributed by atoms with Gasteiger partial charge in [0, 0.05) is 27.5 Å². The molecular formula is C45H29N3O. The van der Waals surface area contributed by atoms with Gasteiger partial charge in [0.2, 0.25) is 0 Å². The van der Waals surface area contributed by atoms with Crippen LogP contribution >= 0.6 is 0 Å². The van der Waals surface area contributed by atoms with Gasteiger partial charge in [-0.15, -0.1) is 0 Å². The zero-order valence-electron chi connectivity index (χ0n) is 36.6. The molecule has 2 heterocycles. The maximum atomic E-state index is 9.48. The van der Waals surface area contributed by atoms with Crippen LogP contribution in [0, 0.1) is 0 Å². The van der Waals surface area contributed by atoms with Crippen LogP contribution in [0.2, 0.25) is 0 Å². The molecule has 0 aliphatic rings. The molecule has 0 saturated heterocycles. The highest BCUT2D eigenvalue weighted by Gasteiger charge is 2.14. The minimum atomic E-state index is -0.658. The first-order valence-electron chi connectivity index (χ1n) is 21.0. The fourth-order valence-electron chi connectivity index (χ4n) is 5.64. The molecule has 0 atom stereocenters. The number of hydrogen-bond acceptors (Lipinski definition) is 4. The summed E-state index contributed by atoms with van der Waals surface area (Å²) in [5.74, 6) is 0.231. The molecule has 4 nitrogen and oxygen atoms in total. The lowest BCUT2D eigenvalue weighted by molar-refractivity contribution is 0.669. The molecule has 9 aromatic rings. The van der Waals surface area contributed by atoms with E-state index in [-0.39, 0.29) is 45.0 Å². The van der Waals surface area contributed by atoms with E-state index in [1.54, 1.807) is 24.3 Å². The zero-order chi connectivity index (χ0) is 42.1. The van der Waals surface area contributed by atoms with Crippen LogP contribution in [0.3, 0.4) is 0 Å². The van der Waals surface area contributed by atoms with Crippen molar-refractivity contribution < 1.29 is 19.5 Å². The number of fused-ring (bicyclic) bond motifs is 3. The summed E-state index contributed by atoms with van der Waals surface area (Å²) >= 11 is 0. The molecule has 0 aliphatic heterocycles. The van der Waals surface area contributed by atoms with Crippen molar-refractivity contribution in [2.45, 2.75) is 0 Å². The van der Waals surface area contributed by atoms with Gasteiger partial charge in [-0.25, -0.2) is 15.0 Å². The summed E-state index contributed by atoms with van der Waals surface area (Å²) in [6.45, 7) is 0. The van der Waals surface area contributed by atoms with Gasteiger partial charge in [-0.05, 0) is 57.6 Å². The number of nitrogens with zero attached hydrogens (tertiary/aromatic N) is 3. The van der Waals surface area contributed by atoms with Crippen LogP contribution in [0.1, 0.15) is 15.1 Å². The maximum absolute atomic E-state index is 9.48. The molecule has 0 spiro atoms. The molecule has 49 heavy (non-hydrogen) atoms. The fourth-order valence-corrected chi connectivity index (χ4v) is 5.64. The van der Waals surface area contributed by atoms with Crippen LogP contribution in [0.15, 0.2) is 180 Å². The molecule has 9 rings (SSSR count). The van der Waals surface area contributed by atoms with E-state index in [4.69, 9.17) is 26.7 Å². The summed E-state index contributed by atoms with van der Waals surface area (Å²) in [6, 6.07) is 28.4. The van der Waals surface area contributed by atoms with E-state index in [0.717, 1.165) is 22.3 Å². The van der Waals surface area contributed by atoms with Crippen LogP contribution in [-0.4, -0.2) is 15.0 Å². The van der Waals surface area contributed by atoms with E-state index < -0.39 is 77.6 Å². The largest absolute Gasteiger partial charge is 0.456 e. The quantitative estimate of drug-likeness (QED) is 0.182. The Hall–Kier alpha value is -6.65.